The number of aromatic amines is 1. The molecule has 0 amide bonds. The van der Waals surface area contributed by atoms with Crippen LogP contribution in [0.5, 0.6) is 5.75 Å². The van der Waals surface area contributed by atoms with Crippen molar-refractivity contribution in [2.75, 3.05) is 24.6 Å². The van der Waals surface area contributed by atoms with Gasteiger partial charge in [0.1, 0.15) is 30.3 Å². The van der Waals surface area contributed by atoms with Crippen LogP contribution in [0.2, 0.25) is 0 Å². The van der Waals surface area contributed by atoms with E-state index in [1.807, 2.05) is 6.92 Å². The summed E-state index contributed by atoms with van der Waals surface area (Å²) in [7, 11) is 0. The van der Waals surface area contributed by atoms with Gasteiger partial charge in [-0.25, -0.2) is 15.0 Å². The van der Waals surface area contributed by atoms with E-state index in [1.54, 1.807) is 6.33 Å². The van der Waals surface area contributed by atoms with Crippen molar-refractivity contribution in [1.29, 1.82) is 0 Å². The maximum atomic E-state index is 6.09. The molecule has 7 nitrogen and oxygen atoms in total. The van der Waals surface area contributed by atoms with Crippen LogP contribution >= 0.6 is 0 Å². The SMILES string of the molecule is Cc1nc2ccc(-c3ccc4c(c3)CN(c3ncnc5c3CNCC5)CCO4)cc2[nH]1. The number of ether oxygens (including phenoxy) is 1. The van der Waals surface area contributed by atoms with Gasteiger partial charge in [-0.2, -0.15) is 0 Å². The summed E-state index contributed by atoms with van der Waals surface area (Å²) in [4.78, 5) is 19.3. The zero-order chi connectivity index (χ0) is 20.8. The van der Waals surface area contributed by atoms with Gasteiger partial charge in [0.15, 0.2) is 0 Å². The van der Waals surface area contributed by atoms with Crippen LogP contribution < -0.4 is 15.0 Å². The molecule has 156 valence electrons. The summed E-state index contributed by atoms with van der Waals surface area (Å²) < 4.78 is 6.09. The van der Waals surface area contributed by atoms with E-state index in [-0.39, 0.29) is 0 Å². The first-order valence-electron chi connectivity index (χ1n) is 10.8. The van der Waals surface area contributed by atoms with Gasteiger partial charge in [-0.1, -0.05) is 12.1 Å². The van der Waals surface area contributed by atoms with Gasteiger partial charge >= 0.3 is 0 Å². The zero-order valence-corrected chi connectivity index (χ0v) is 17.5. The van der Waals surface area contributed by atoms with E-state index in [1.165, 1.54) is 22.3 Å². The van der Waals surface area contributed by atoms with Crippen molar-refractivity contribution in [2.45, 2.75) is 26.4 Å². The number of rotatable bonds is 2. The Labute approximate surface area is 180 Å². The summed E-state index contributed by atoms with van der Waals surface area (Å²) >= 11 is 0. The normalized spacial score (nSPS) is 15.8. The number of H-pyrrole nitrogens is 1. The molecule has 2 N–H and O–H groups in total. The predicted molar refractivity (Wildman–Crippen MR) is 120 cm³/mol. The third kappa shape index (κ3) is 3.31. The Morgan fingerprint density at radius 3 is 2.94 bits per heavy atom. The number of aromatic nitrogens is 4. The molecule has 7 heteroatoms. The van der Waals surface area contributed by atoms with Crippen LogP contribution in [0.15, 0.2) is 42.7 Å². The van der Waals surface area contributed by atoms with E-state index in [0.717, 1.165) is 66.7 Å². The fraction of sp³-hybridized carbons (Fsp3) is 0.292. The number of hydrogen-bond acceptors (Lipinski definition) is 6. The molecule has 31 heavy (non-hydrogen) atoms. The van der Waals surface area contributed by atoms with Gasteiger partial charge in [0.2, 0.25) is 0 Å². The van der Waals surface area contributed by atoms with Gasteiger partial charge in [-0.3, -0.25) is 0 Å². The van der Waals surface area contributed by atoms with Crippen molar-refractivity contribution in [3.8, 4) is 16.9 Å². The van der Waals surface area contributed by atoms with Gasteiger partial charge in [0.25, 0.3) is 0 Å². The van der Waals surface area contributed by atoms with Crippen LogP contribution in [-0.2, 0) is 19.5 Å². The Kier molecular flexibility index (Phi) is 4.35. The highest BCUT2D eigenvalue weighted by Crippen LogP contribution is 2.33. The number of hydrogen-bond donors (Lipinski definition) is 2. The van der Waals surface area contributed by atoms with E-state index < -0.39 is 0 Å². The summed E-state index contributed by atoms with van der Waals surface area (Å²) in [5.74, 6) is 2.90. The van der Waals surface area contributed by atoms with Crippen molar-refractivity contribution in [3.63, 3.8) is 0 Å². The fourth-order valence-electron chi connectivity index (χ4n) is 4.60. The highest BCUT2D eigenvalue weighted by Gasteiger charge is 2.23. The van der Waals surface area contributed by atoms with Crippen molar-refractivity contribution in [1.82, 2.24) is 25.3 Å². The number of fused-ring (bicyclic) bond motifs is 3. The summed E-state index contributed by atoms with van der Waals surface area (Å²) in [5.41, 5.74) is 7.94. The molecule has 2 aromatic heterocycles. The summed E-state index contributed by atoms with van der Waals surface area (Å²) in [5, 5.41) is 3.46. The monoisotopic (exact) mass is 412 g/mol. The number of nitrogens with zero attached hydrogens (tertiary/aromatic N) is 4. The minimum absolute atomic E-state index is 0.637. The lowest BCUT2D eigenvalue weighted by Crippen LogP contribution is -2.32. The predicted octanol–water partition coefficient (Wildman–Crippen LogP) is 3.37. The van der Waals surface area contributed by atoms with Gasteiger partial charge in [0.05, 0.1) is 23.3 Å². The Morgan fingerprint density at radius 2 is 1.97 bits per heavy atom. The highest BCUT2D eigenvalue weighted by atomic mass is 16.5. The molecule has 2 aromatic carbocycles. The van der Waals surface area contributed by atoms with Crippen LogP contribution in [0, 0.1) is 6.92 Å². The molecule has 2 aliphatic heterocycles. The van der Waals surface area contributed by atoms with Crippen molar-refractivity contribution in [3.05, 3.63) is 65.4 Å². The minimum atomic E-state index is 0.637. The standard InChI is InChI=1S/C24H24N6O/c1-15-28-21-4-2-17(11-22(21)29-15)16-3-5-23-18(10-16)13-30(8-9-31-23)24-19-12-25-7-6-20(19)26-14-27-24/h2-5,10-11,14,25H,6-9,12-13H2,1H3,(H,28,29). The Hall–Kier alpha value is -3.45. The Bertz CT molecular complexity index is 1280. The smallest absolute Gasteiger partial charge is 0.137 e. The molecule has 0 fully saturated rings. The second kappa shape index (κ2) is 7.35. The lowest BCUT2D eigenvalue weighted by Gasteiger charge is -2.26. The van der Waals surface area contributed by atoms with E-state index >= 15 is 0 Å². The van der Waals surface area contributed by atoms with Gasteiger partial charge < -0.3 is 19.9 Å². The summed E-state index contributed by atoms with van der Waals surface area (Å²) in [6, 6.07) is 12.8. The molecular formula is C24H24N6O. The van der Waals surface area contributed by atoms with E-state index in [0.29, 0.717) is 6.61 Å². The number of anilines is 1. The molecule has 6 rings (SSSR count). The third-order valence-corrected chi connectivity index (χ3v) is 6.13. The third-order valence-electron chi connectivity index (χ3n) is 6.13. The molecule has 0 saturated heterocycles. The zero-order valence-electron chi connectivity index (χ0n) is 17.5. The number of benzene rings is 2. The molecule has 0 unspecified atom stereocenters. The summed E-state index contributed by atoms with van der Waals surface area (Å²) in [6.07, 6.45) is 2.65. The first-order valence-corrected chi connectivity index (χ1v) is 10.8. The number of aryl methyl sites for hydroxylation is 1. The highest BCUT2D eigenvalue weighted by molar-refractivity contribution is 5.82. The van der Waals surface area contributed by atoms with Crippen molar-refractivity contribution >= 4 is 16.9 Å². The lowest BCUT2D eigenvalue weighted by molar-refractivity contribution is 0.331. The average Bonchev–Trinajstić information content (AvgIpc) is 3.04. The number of imidazole rings is 1. The molecule has 4 aromatic rings. The van der Waals surface area contributed by atoms with Crippen LogP contribution in [0.1, 0.15) is 22.6 Å². The topological polar surface area (TPSA) is 79.0 Å². The molecule has 0 atom stereocenters. The molecule has 0 spiro atoms. The van der Waals surface area contributed by atoms with Crippen LogP contribution in [0.4, 0.5) is 5.82 Å². The second-order valence-corrected chi connectivity index (χ2v) is 8.20. The van der Waals surface area contributed by atoms with E-state index in [9.17, 15) is 0 Å². The molecule has 0 aliphatic carbocycles. The van der Waals surface area contributed by atoms with E-state index in [4.69, 9.17) is 4.74 Å². The van der Waals surface area contributed by atoms with Gasteiger partial charge in [-0.15, -0.1) is 0 Å². The molecule has 2 aliphatic rings. The Morgan fingerprint density at radius 1 is 1.06 bits per heavy atom. The maximum absolute atomic E-state index is 6.09. The summed E-state index contributed by atoms with van der Waals surface area (Å²) in [6.45, 7) is 5.97. The largest absolute Gasteiger partial charge is 0.491 e. The first-order chi connectivity index (χ1) is 15.2. The minimum Gasteiger partial charge on any atom is -0.491 e. The van der Waals surface area contributed by atoms with Gasteiger partial charge in [0, 0.05) is 37.2 Å². The molecule has 0 bridgehead atoms. The van der Waals surface area contributed by atoms with Crippen molar-refractivity contribution < 1.29 is 4.74 Å². The maximum Gasteiger partial charge on any atom is 0.137 e. The quantitative estimate of drug-likeness (QED) is 0.526. The average molecular weight is 412 g/mol. The first kappa shape index (κ1) is 18.3. The molecule has 4 heterocycles. The fourth-order valence-corrected chi connectivity index (χ4v) is 4.60. The van der Waals surface area contributed by atoms with Crippen LogP contribution in [0.25, 0.3) is 22.2 Å². The molecular weight excluding hydrogens is 388 g/mol. The van der Waals surface area contributed by atoms with Crippen LogP contribution in [-0.4, -0.2) is 39.6 Å². The van der Waals surface area contributed by atoms with Crippen LogP contribution in [0.3, 0.4) is 0 Å². The number of nitrogens with one attached hydrogen (secondary N) is 2. The van der Waals surface area contributed by atoms with Crippen molar-refractivity contribution in [2.24, 2.45) is 0 Å². The van der Waals surface area contributed by atoms with Gasteiger partial charge in [-0.05, 0) is 42.3 Å². The Balaban J connectivity index is 1.37. The lowest BCUT2D eigenvalue weighted by atomic mass is 10.0. The molecule has 0 saturated carbocycles. The second-order valence-electron chi connectivity index (χ2n) is 8.20. The molecule has 0 radical (unpaired) electrons. The van der Waals surface area contributed by atoms with E-state index in [2.05, 4.69) is 66.6 Å².